The van der Waals surface area contributed by atoms with Crippen molar-refractivity contribution in [2.24, 2.45) is 5.41 Å². The van der Waals surface area contributed by atoms with E-state index in [1.54, 1.807) is 13.3 Å². The van der Waals surface area contributed by atoms with Crippen molar-refractivity contribution in [1.82, 2.24) is 9.88 Å². The number of rotatable bonds is 8. The van der Waals surface area contributed by atoms with Crippen LogP contribution in [-0.2, 0) is 11.2 Å². The van der Waals surface area contributed by atoms with Gasteiger partial charge in [0.05, 0.1) is 30.6 Å². The van der Waals surface area contributed by atoms with Crippen LogP contribution in [0.15, 0.2) is 36.5 Å². The number of piperidine rings is 1. The third-order valence-electron chi connectivity index (χ3n) is 7.23. The Bertz CT molecular complexity index is 1370. The van der Waals surface area contributed by atoms with Gasteiger partial charge in [-0.05, 0) is 86.5 Å². The highest BCUT2D eigenvalue weighted by atomic mass is 35.5. The molecular weight excluding hydrogens is 517 g/mol. The van der Waals surface area contributed by atoms with Crippen LogP contribution in [0.1, 0.15) is 43.2 Å². The number of hydrogen-bond donors (Lipinski definition) is 1. The van der Waals surface area contributed by atoms with Crippen LogP contribution in [-0.4, -0.2) is 47.7 Å². The number of halogens is 4. The molecule has 1 aromatic heterocycles. The van der Waals surface area contributed by atoms with Crippen LogP contribution < -0.4 is 4.74 Å². The van der Waals surface area contributed by atoms with Gasteiger partial charge in [-0.15, -0.1) is 0 Å². The summed E-state index contributed by atoms with van der Waals surface area (Å²) in [7, 11) is 1.61. The Morgan fingerprint density at radius 2 is 1.89 bits per heavy atom. The number of likely N-dealkylation sites (tertiary alicyclic amines) is 1. The Morgan fingerprint density at radius 1 is 1.18 bits per heavy atom. The van der Waals surface area contributed by atoms with Crippen molar-refractivity contribution in [3.63, 3.8) is 0 Å². The fourth-order valence-electron chi connectivity index (χ4n) is 5.13. The molecule has 0 saturated carbocycles. The van der Waals surface area contributed by atoms with Gasteiger partial charge in [-0.25, -0.2) is 13.2 Å². The number of ether oxygens (including phenoxy) is 1. The second kappa shape index (κ2) is 12.1. The average molecular weight is 545 g/mol. The molecular formula is C29H28ClF3N2O3. The highest BCUT2D eigenvalue weighted by molar-refractivity contribution is 6.32. The van der Waals surface area contributed by atoms with Crippen molar-refractivity contribution in [1.29, 1.82) is 0 Å². The van der Waals surface area contributed by atoms with E-state index in [0.717, 1.165) is 47.2 Å². The van der Waals surface area contributed by atoms with Gasteiger partial charge in [-0.3, -0.25) is 14.7 Å². The van der Waals surface area contributed by atoms with E-state index < -0.39 is 23.4 Å². The van der Waals surface area contributed by atoms with Gasteiger partial charge in [0.15, 0.2) is 17.5 Å². The van der Waals surface area contributed by atoms with Crippen LogP contribution in [0.25, 0.3) is 10.9 Å². The van der Waals surface area contributed by atoms with Gasteiger partial charge < -0.3 is 9.84 Å². The molecule has 1 aliphatic heterocycles. The first kappa shape index (κ1) is 27.7. The number of carboxylic acid groups (broad SMARTS) is 1. The number of aryl methyl sites for hydroxylation is 1. The molecule has 2 heterocycles. The normalized spacial score (nSPS) is 15.2. The van der Waals surface area contributed by atoms with E-state index in [1.165, 1.54) is 0 Å². The van der Waals surface area contributed by atoms with Crippen LogP contribution in [0.2, 0.25) is 5.02 Å². The van der Waals surface area contributed by atoms with Crippen LogP contribution in [0.4, 0.5) is 13.2 Å². The maximum atomic E-state index is 13.4. The van der Waals surface area contributed by atoms with Crippen LogP contribution in [0.5, 0.6) is 5.75 Å². The summed E-state index contributed by atoms with van der Waals surface area (Å²) in [6.07, 6.45) is 5.30. The summed E-state index contributed by atoms with van der Waals surface area (Å²) in [5, 5.41) is 11.1. The lowest BCUT2D eigenvalue weighted by Crippen LogP contribution is -2.41. The van der Waals surface area contributed by atoms with Crippen molar-refractivity contribution in [2.75, 3.05) is 26.7 Å². The predicted octanol–water partition coefficient (Wildman–Crippen LogP) is 6.25. The molecule has 200 valence electrons. The third kappa shape index (κ3) is 6.58. The lowest BCUT2D eigenvalue weighted by Gasteiger charge is -2.40. The average Bonchev–Trinajstić information content (AvgIpc) is 2.89. The van der Waals surface area contributed by atoms with Crippen molar-refractivity contribution in [3.05, 3.63) is 70.1 Å². The van der Waals surface area contributed by atoms with Gasteiger partial charge in [-0.2, -0.15) is 0 Å². The van der Waals surface area contributed by atoms with Crippen molar-refractivity contribution < 1.29 is 27.8 Å². The molecule has 1 saturated heterocycles. The molecule has 9 heteroatoms. The first-order valence-electron chi connectivity index (χ1n) is 12.4. The molecule has 3 aromatic rings. The number of fused-ring (bicyclic) bond motifs is 1. The van der Waals surface area contributed by atoms with Gasteiger partial charge in [0.1, 0.15) is 5.75 Å². The molecule has 38 heavy (non-hydrogen) atoms. The Labute approximate surface area is 224 Å². The van der Waals surface area contributed by atoms with E-state index in [9.17, 15) is 23.1 Å². The molecule has 0 unspecified atom stereocenters. The second-order valence-electron chi connectivity index (χ2n) is 9.72. The number of benzene rings is 2. The molecule has 0 aliphatic carbocycles. The molecule has 0 amide bonds. The monoisotopic (exact) mass is 544 g/mol. The minimum Gasteiger partial charge on any atom is -0.497 e. The lowest BCUT2D eigenvalue weighted by atomic mass is 9.72. The van der Waals surface area contributed by atoms with E-state index >= 15 is 0 Å². The zero-order valence-electron chi connectivity index (χ0n) is 21.0. The first-order valence-corrected chi connectivity index (χ1v) is 12.8. The second-order valence-corrected chi connectivity index (χ2v) is 10.1. The summed E-state index contributed by atoms with van der Waals surface area (Å²) in [4.78, 5) is 18.2. The SMILES string of the molecule is COc1ccc2ncc(Cl)c(CCCC3(CC(=O)O)CCN(CC#Cc4cc(F)c(F)c(F)c4)CC3)c2c1. The van der Waals surface area contributed by atoms with E-state index in [4.69, 9.17) is 16.3 Å². The smallest absolute Gasteiger partial charge is 0.303 e. The number of methoxy groups -OCH3 is 1. The summed E-state index contributed by atoms with van der Waals surface area (Å²) < 4.78 is 45.3. The van der Waals surface area contributed by atoms with E-state index in [-0.39, 0.29) is 17.4 Å². The van der Waals surface area contributed by atoms with E-state index in [1.807, 2.05) is 18.2 Å². The maximum absolute atomic E-state index is 13.4. The number of hydrogen-bond acceptors (Lipinski definition) is 4. The molecule has 1 aliphatic rings. The summed E-state index contributed by atoms with van der Waals surface area (Å²) >= 11 is 6.50. The van der Waals surface area contributed by atoms with Gasteiger partial charge in [0.25, 0.3) is 0 Å². The first-order chi connectivity index (χ1) is 18.2. The standard InChI is InChI=1S/C29H28ClF3N2O3/c1-38-20-6-7-26-22(16-20)21(23(30)18-34-26)5-2-8-29(17-27(36)37)9-12-35(13-10-29)11-3-4-19-14-24(31)28(33)25(32)15-19/h6-7,14-16,18H,2,5,8-13,17H2,1H3,(H,36,37). The fourth-order valence-corrected chi connectivity index (χ4v) is 5.37. The molecule has 0 radical (unpaired) electrons. The lowest BCUT2D eigenvalue weighted by molar-refractivity contribution is -0.140. The van der Waals surface area contributed by atoms with Gasteiger partial charge >= 0.3 is 5.97 Å². The highest BCUT2D eigenvalue weighted by Gasteiger charge is 2.36. The molecule has 4 rings (SSSR count). The molecule has 1 N–H and O–H groups in total. The van der Waals surface area contributed by atoms with Gasteiger partial charge in [0.2, 0.25) is 0 Å². The zero-order valence-corrected chi connectivity index (χ0v) is 21.8. The minimum absolute atomic E-state index is 0.0681. The fraction of sp³-hybridized carbons (Fsp3) is 0.379. The van der Waals surface area contributed by atoms with Gasteiger partial charge in [-0.1, -0.05) is 23.4 Å². The van der Waals surface area contributed by atoms with E-state index in [0.29, 0.717) is 43.9 Å². The largest absolute Gasteiger partial charge is 0.497 e. The van der Waals surface area contributed by atoms with Crippen LogP contribution in [0.3, 0.4) is 0 Å². The number of pyridine rings is 1. The minimum atomic E-state index is -1.51. The van der Waals surface area contributed by atoms with Crippen molar-refractivity contribution in [3.8, 4) is 17.6 Å². The Balaban J connectivity index is 1.39. The highest BCUT2D eigenvalue weighted by Crippen LogP contribution is 2.40. The number of carboxylic acids is 1. The molecule has 0 spiro atoms. The summed E-state index contributed by atoms with van der Waals surface area (Å²) in [5.74, 6) is 1.40. The number of aliphatic carboxylic acids is 1. The third-order valence-corrected chi connectivity index (χ3v) is 7.56. The molecule has 5 nitrogen and oxygen atoms in total. The summed E-state index contributed by atoms with van der Waals surface area (Å²) in [5.41, 5.74) is 1.53. The Hall–Kier alpha value is -3.28. The van der Waals surface area contributed by atoms with Crippen molar-refractivity contribution in [2.45, 2.75) is 38.5 Å². The number of carbonyl (C=O) groups is 1. The number of aromatic nitrogens is 1. The molecule has 0 atom stereocenters. The quantitative estimate of drug-likeness (QED) is 0.268. The zero-order chi connectivity index (χ0) is 27.3. The number of nitrogens with zero attached hydrogens (tertiary/aromatic N) is 2. The summed E-state index contributed by atoms with van der Waals surface area (Å²) in [6, 6.07) is 7.40. The van der Waals surface area contributed by atoms with Crippen LogP contribution in [0, 0.1) is 34.7 Å². The van der Waals surface area contributed by atoms with Crippen molar-refractivity contribution >= 4 is 28.5 Å². The van der Waals surface area contributed by atoms with Gasteiger partial charge in [0, 0.05) is 17.1 Å². The van der Waals surface area contributed by atoms with E-state index in [2.05, 4.69) is 21.7 Å². The molecule has 0 bridgehead atoms. The maximum Gasteiger partial charge on any atom is 0.303 e. The summed E-state index contributed by atoms with van der Waals surface area (Å²) in [6.45, 7) is 1.68. The predicted molar refractivity (Wildman–Crippen MR) is 140 cm³/mol. The topological polar surface area (TPSA) is 62.7 Å². The molecule has 2 aromatic carbocycles. The molecule has 1 fully saturated rings. The van der Waals surface area contributed by atoms with Crippen LogP contribution >= 0.6 is 11.6 Å². The Morgan fingerprint density at radius 3 is 2.55 bits per heavy atom. The Kier molecular flexibility index (Phi) is 8.80.